The van der Waals surface area contributed by atoms with Crippen LogP contribution >= 0.6 is 0 Å². The van der Waals surface area contributed by atoms with Gasteiger partial charge in [-0.25, -0.2) is 13.1 Å². The highest BCUT2D eigenvalue weighted by atomic mass is 32.2. The summed E-state index contributed by atoms with van der Waals surface area (Å²) >= 11 is 0. The summed E-state index contributed by atoms with van der Waals surface area (Å²) in [5.74, 6) is 0.694. The van der Waals surface area contributed by atoms with Crippen LogP contribution in [0, 0.1) is 0 Å². The highest BCUT2D eigenvalue weighted by Crippen LogP contribution is 2.36. The first-order chi connectivity index (χ1) is 9.76. The van der Waals surface area contributed by atoms with E-state index in [1.165, 1.54) is 0 Å². The van der Waals surface area contributed by atoms with E-state index in [9.17, 15) is 8.42 Å². The van der Waals surface area contributed by atoms with Crippen LogP contribution in [0.3, 0.4) is 0 Å². The first kappa shape index (κ1) is 16.3. The molecule has 1 aromatic rings. The molecule has 0 heterocycles. The third-order valence-corrected chi connectivity index (χ3v) is 5.28. The Morgan fingerprint density at radius 2 is 2.00 bits per heavy atom. The van der Waals surface area contributed by atoms with Crippen LogP contribution in [0.15, 0.2) is 23.1 Å². The van der Waals surface area contributed by atoms with Crippen LogP contribution in [0.5, 0.6) is 5.75 Å². The molecule has 0 bridgehead atoms. The van der Waals surface area contributed by atoms with Gasteiger partial charge in [0.25, 0.3) is 0 Å². The van der Waals surface area contributed by atoms with Crippen molar-refractivity contribution in [2.24, 2.45) is 0 Å². The van der Waals surface area contributed by atoms with E-state index in [1.807, 2.05) is 20.8 Å². The van der Waals surface area contributed by atoms with Crippen LogP contribution < -0.4 is 14.8 Å². The Kier molecular flexibility index (Phi) is 4.60. The van der Waals surface area contributed by atoms with Gasteiger partial charge in [0, 0.05) is 23.7 Å². The van der Waals surface area contributed by atoms with Crippen molar-refractivity contribution in [1.29, 1.82) is 0 Å². The lowest BCUT2D eigenvalue weighted by Crippen LogP contribution is -2.34. The van der Waals surface area contributed by atoms with Crippen molar-refractivity contribution in [3.05, 3.63) is 23.8 Å². The van der Waals surface area contributed by atoms with Crippen LogP contribution in [0.1, 0.15) is 39.2 Å². The van der Waals surface area contributed by atoms with Crippen molar-refractivity contribution in [3.8, 4) is 5.75 Å². The van der Waals surface area contributed by atoms with E-state index in [0.29, 0.717) is 18.3 Å². The number of hydrogen-bond donors (Lipinski definition) is 2. The lowest BCUT2D eigenvalue weighted by atomic mass is 10.2. The number of sulfonamides is 1. The van der Waals surface area contributed by atoms with Crippen LogP contribution in [-0.4, -0.2) is 27.1 Å². The third kappa shape index (κ3) is 4.18. The molecule has 0 radical (unpaired) electrons. The van der Waals surface area contributed by atoms with Crippen LogP contribution in [0.25, 0.3) is 0 Å². The van der Waals surface area contributed by atoms with E-state index in [4.69, 9.17) is 4.74 Å². The molecule has 2 N–H and O–H groups in total. The number of benzene rings is 1. The fourth-order valence-electron chi connectivity index (χ4n) is 2.05. The Morgan fingerprint density at radius 3 is 2.52 bits per heavy atom. The average Bonchev–Trinajstić information content (AvgIpc) is 3.12. The second kappa shape index (κ2) is 5.94. The highest BCUT2D eigenvalue weighted by Gasteiger charge is 2.41. The molecule has 1 fully saturated rings. The molecule has 0 amide bonds. The zero-order valence-corrected chi connectivity index (χ0v) is 13.9. The lowest BCUT2D eigenvalue weighted by Gasteiger charge is -2.16. The molecule has 0 spiro atoms. The molecule has 1 aliphatic carbocycles. The molecular weight excluding hydrogens is 288 g/mol. The highest BCUT2D eigenvalue weighted by molar-refractivity contribution is 7.89. The Balaban J connectivity index is 2.25. The summed E-state index contributed by atoms with van der Waals surface area (Å²) in [5.41, 5.74) is 0.574. The Hall–Kier alpha value is -1.11. The first-order valence-electron chi connectivity index (χ1n) is 7.20. The van der Waals surface area contributed by atoms with Crippen molar-refractivity contribution in [2.75, 3.05) is 7.11 Å². The van der Waals surface area contributed by atoms with Gasteiger partial charge in [0.2, 0.25) is 10.0 Å². The van der Waals surface area contributed by atoms with Gasteiger partial charge >= 0.3 is 0 Å². The van der Waals surface area contributed by atoms with Crippen molar-refractivity contribution in [2.45, 2.75) is 56.6 Å². The largest absolute Gasteiger partial charge is 0.496 e. The van der Waals surface area contributed by atoms with Gasteiger partial charge in [-0.15, -0.1) is 0 Å². The predicted molar refractivity (Wildman–Crippen MR) is 82.9 cm³/mol. The number of rotatable bonds is 7. The maximum absolute atomic E-state index is 12.4. The minimum absolute atomic E-state index is 0.269. The van der Waals surface area contributed by atoms with Gasteiger partial charge in [0.05, 0.1) is 12.0 Å². The maximum Gasteiger partial charge on any atom is 0.241 e. The number of methoxy groups -OCH3 is 1. The molecule has 6 heteroatoms. The SMILES string of the molecule is COc1ccc(S(=O)(=O)NC2(C)CC2)cc1CNC(C)C. The molecule has 1 saturated carbocycles. The summed E-state index contributed by atoms with van der Waals surface area (Å²) in [4.78, 5) is 0.289. The number of nitrogens with one attached hydrogen (secondary N) is 2. The minimum atomic E-state index is -3.47. The van der Waals surface area contributed by atoms with Crippen molar-refractivity contribution in [3.63, 3.8) is 0 Å². The standard InChI is InChI=1S/C15H24N2O3S/c1-11(2)16-10-12-9-13(5-6-14(12)20-4)21(18,19)17-15(3)7-8-15/h5-6,9,11,16-17H,7-8,10H2,1-4H3. The zero-order chi connectivity index (χ0) is 15.7. The third-order valence-electron chi connectivity index (χ3n) is 3.64. The van der Waals surface area contributed by atoms with Crippen LogP contribution in [-0.2, 0) is 16.6 Å². The summed E-state index contributed by atoms with van der Waals surface area (Å²) in [6.07, 6.45) is 1.79. The van der Waals surface area contributed by atoms with Gasteiger partial charge < -0.3 is 10.1 Å². The van der Waals surface area contributed by atoms with Gasteiger partial charge in [-0.3, -0.25) is 0 Å². The quantitative estimate of drug-likeness (QED) is 0.808. The van der Waals surface area contributed by atoms with E-state index >= 15 is 0 Å². The van der Waals surface area contributed by atoms with Crippen LogP contribution in [0.4, 0.5) is 0 Å². The van der Waals surface area contributed by atoms with Crippen LogP contribution in [0.2, 0.25) is 0 Å². The van der Waals surface area contributed by atoms with E-state index in [-0.39, 0.29) is 10.4 Å². The van der Waals surface area contributed by atoms with Crippen molar-refractivity contribution < 1.29 is 13.2 Å². The van der Waals surface area contributed by atoms with Gasteiger partial charge in [-0.1, -0.05) is 13.8 Å². The summed E-state index contributed by atoms with van der Waals surface area (Å²) in [6, 6.07) is 5.30. The summed E-state index contributed by atoms with van der Waals surface area (Å²) < 4.78 is 32.9. The number of ether oxygens (including phenoxy) is 1. The fourth-order valence-corrected chi connectivity index (χ4v) is 3.56. The summed E-state index contributed by atoms with van der Waals surface area (Å²) in [7, 11) is -1.89. The van der Waals surface area contributed by atoms with E-state index in [2.05, 4.69) is 10.0 Å². The molecule has 2 rings (SSSR count). The molecule has 5 nitrogen and oxygen atoms in total. The van der Waals surface area contributed by atoms with E-state index in [1.54, 1.807) is 25.3 Å². The second-order valence-electron chi connectivity index (χ2n) is 6.18. The monoisotopic (exact) mass is 312 g/mol. The predicted octanol–water partition coefficient (Wildman–Crippen LogP) is 2.02. The summed E-state index contributed by atoms with van der Waals surface area (Å²) in [5, 5.41) is 3.28. The second-order valence-corrected chi connectivity index (χ2v) is 7.86. The minimum Gasteiger partial charge on any atom is -0.496 e. The topological polar surface area (TPSA) is 67.4 Å². The molecule has 0 unspecified atom stereocenters. The van der Waals surface area contributed by atoms with Crippen molar-refractivity contribution in [1.82, 2.24) is 10.0 Å². The zero-order valence-electron chi connectivity index (χ0n) is 13.1. The first-order valence-corrected chi connectivity index (χ1v) is 8.68. The van der Waals surface area contributed by atoms with E-state index < -0.39 is 10.0 Å². The molecule has 0 saturated heterocycles. The Bertz CT molecular complexity index is 607. The molecule has 21 heavy (non-hydrogen) atoms. The number of hydrogen-bond acceptors (Lipinski definition) is 4. The smallest absolute Gasteiger partial charge is 0.241 e. The molecular formula is C15H24N2O3S. The van der Waals surface area contributed by atoms with E-state index in [0.717, 1.165) is 18.4 Å². The molecule has 0 atom stereocenters. The van der Waals surface area contributed by atoms with Crippen molar-refractivity contribution >= 4 is 10.0 Å². The normalized spacial score (nSPS) is 17.0. The van der Waals surface area contributed by atoms with Gasteiger partial charge in [-0.05, 0) is 38.0 Å². The average molecular weight is 312 g/mol. The van der Waals surface area contributed by atoms with Gasteiger partial charge in [0.15, 0.2) is 0 Å². The molecule has 118 valence electrons. The Labute approximate surface area is 127 Å². The van der Waals surface area contributed by atoms with Gasteiger partial charge in [0.1, 0.15) is 5.75 Å². The molecule has 1 aromatic carbocycles. The summed E-state index contributed by atoms with van der Waals surface area (Å²) in [6.45, 7) is 6.59. The lowest BCUT2D eigenvalue weighted by molar-refractivity contribution is 0.406. The maximum atomic E-state index is 12.4. The molecule has 0 aromatic heterocycles. The Morgan fingerprint density at radius 1 is 1.33 bits per heavy atom. The fraction of sp³-hybridized carbons (Fsp3) is 0.600. The molecule has 1 aliphatic rings. The molecule has 0 aliphatic heterocycles. The van der Waals surface area contributed by atoms with Gasteiger partial charge in [-0.2, -0.15) is 0 Å².